The van der Waals surface area contributed by atoms with Crippen molar-refractivity contribution in [1.82, 2.24) is 15.3 Å². The second kappa shape index (κ2) is 20.4. The third kappa shape index (κ3) is 15.2. The van der Waals surface area contributed by atoms with Crippen LogP contribution in [0.3, 0.4) is 0 Å². The third-order valence-electron chi connectivity index (χ3n) is 5.12. The van der Waals surface area contributed by atoms with Gasteiger partial charge in [-0.15, -0.1) is 0 Å². The molecule has 8 nitrogen and oxygen atoms in total. The van der Waals surface area contributed by atoms with Gasteiger partial charge in [0.15, 0.2) is 0 Å². The van der Waals surface area contributed by atoms with E-state index in [1.165, 1.54) is 25.3 Å². The molecule has 1 saturated heterocycles. The van der Waals surface area contributed by atoms with Gasteiger partial charge in [0.2, 0.25) is 0 Å². The standard InChI is InChI=1S/C14H18F3N3O.C9H11NO2.C2H4O.2C2H6/c1-9-5-6-20(7-9)12-4-3-11(19-10(12)2)13(21)18-8-14(15,16)17;1-6(2)8-5-7(9(11)12)3-4-10-8;1-2-3;2*1-2/h3-4,9H,5-8H2,1-2H3,(H,18,21);3-6H,1-2H3,(H,11,12);2H,1H3;2*1-2H3. The smallest absolute Gasteiger partial charge is 0.405 e. The minimum Gasteiger partial charge on any atom is -0.478 e. The van der Waals surface area contributed by atoms with Crippen molar-refractivity contribution < 1.29 is 32.7 Å². The number of hydrogen-bond donors (Lipinski definition) is 2. The first-order valence-electron chi connectivity index (χ1n) is 13.5. The summed E-state index contributed by atoms with van der Waals surface area (Å²) in [5, 5.41) is 10.5. The number of carboxylic acids is 1. The summed E-state index contributed by atoms with van der Waals surface area (Å²) in [6.07, 6.45) is -1.04. The van der Waals surface area contributed by atoms with Gasteiger partial charge < -0.3 is 20.1 Å². The zero-order valence-electron chi connectivity index (χ0n) is 25.1. The molecule has 1 amide bonds. The van der Waals surface area contributed by atoms with Crippen LogP contribution in [-0.4, -0.2) is 59.0 Å². The first kappa shape index (κ1) is 38.6. The Labute approximate surface area is 236 Å². The van der Waals surface area contributed by atoms with E-state index in [1.54, 1.807) is 19.1 Å². The minimum absolute atomic E-state index is 0.00717. The SMILES string of the molecule is CC.CC.CC(C)c1cc(C(=O)O)ccn1.CC=O.Cc1nc(C(=O)NCC(F)(F)F)ccc1N1CCC(C)C1. The molecule has 0 radical (unpaired) electrons. The molecule has 0 aliphatic carbocycles. The monoisotopic (exact) mass is 570 g/mol. The summed E-state index contributed by atoms with van der Waals surface area (Å²) in [6.45, 7) is 17.9. The lowest BCUT2D eigenvalue weighted by Gasteiger charge is -2.20. The fourth-order valence-corrected chi connectivity index (χ4v) is 3.34. The second-order valence-electron chi connectivity index (χ2n) is 8.60. The highest BCUT2D eigenvalue weighted by Gasteiger charge is 2.28. The van der Waals surface area contributed by atoms with Gasteiger partial charge in [-0.2, -0.15) is 13.2 Å². The Morgan fingerprint density at radius 1 is 1.18 bits per heavy atom. The highest BCUT2D eigenvalue weighted by molar-refractivity contribution is 5.92. The number of alkyl halides is 3. The van der Waals surface area contributed by atoms with E-state index in [9.17, 15) is 22.8 Å². The van der Waals surface area contributed by atoms with E-state index in [1.807, 2.05) is 46.9 Å². The van der Waals surface area contributed by atoms with Crippen LogP contribution < -0.4 is 10.2 Å². The van der Waals surface area contributed by atoms with Gasteiger partial charge in [-0.05, 0) is 56.4 Å². The molecule has 0 spiro atoms. The summed E-state index contributed by atoms with van der Waals surface area (Å²) in [6, 6.07) is 6.32. The molecule has 0 saturated carbocycles. The number of anilines is 1. The van der Waals surface area contributed by atoms with Crippen molar-refractivity contribution in [2.45, 2.75) is 80.8 Å². The third-order valence-corrected chi connectivity index (χ3v) is 5.12. The maximum Gasteiger partial charge on any atom is 0.405 e. The van der Waals surface area contributed by atoms with Crippen LogP contribution in [0.5, 0.6) is 0 Å². The van der Waals surface area contributed by atoms with Crippen molar-refractivity contribution >= 4 is 23.9 Å². The Kier molecular flexibility index (Phi) is 19.7. The number of nitrogens with zero attached hydrogens (tertiary/aromatic N) is 3. The first-order chi connectivity index (χ1) is 18.8. The van der Waals surface area contributed by atoms with Crippen molar-refractivity contribution in [2.24, 2.45) is 5.92 Å². The number of aryl methyl sites for hydroxylation is 1. The number of carbonyl (C=O) groups is 3. The lowest BCUT2D eigenvalue weighted by atomic mass is 10.1. The molecule has 2 N–H and O–H groups in total. The molecule has 1 aliphatic rings. The normalized spacial score (nSPS) is 13.6. The van der Waals surface area contributed by atoms with Crippen LogP contribution >= 0.6 is 0 Å². The quantitative estimate of drug-likeness (QED) is 0.385. The van der Waals surface area contributed by atoms with Gasteiger partial charge in [0.25, 0.3) is 5.91 Å². The molecule has 1 unspecified atom stereocenters. The van der Waals surface area contributed by atoms with Crippen molar-refractivity contribution in [3.63, 3.8) is 0 Å². The fraction of sp³-hybridized carbons (Fsp3) is 0.552. The number of aromatic carboxylic acids is 1. The molecule has 2 aromatic heterocycles. The van der Waals surface area contributed by atoms with Crippen LogP contribution in [0, 0.1) is 12.8 Å². The van der Waals surface area contributed by atoms with Crippen molar-refractivity contribution in [3.05, 3.63) is 53.1 Å². The van der Waals surface area contributed by atoms with Crippen LogP contribution in [0.15, 0.2) is 30.5 Å². The molecule has 3 rings (SSSR count). The highest BCUT2D eigenvalue weighted by Crippen LogP contribution is 2.26. The average Bonchev–Trinajstić information content (AvgIpc) is 3.35. The Morgan fingerprint density at radius 3 is 2.17 bits per heavy atom. The molecule has 3 heterocycles. The van der Waals surface area contributed by atoms with Gasteiger partial charge >= 0.3 is 12.1 Å². The Hall–Kier alpha value is -3.50. The number of halogens is 3. The number of rotatable bonds is 5. The van der Waals surface area contributed by atoms with E-state index in [4.69, 9.17) is 9.90 Å². The summed E-state index contributed by atoms with van der Waals surface area (Å²) in [5.41, 5.74) is 2.71. The zero-order chi connectivity index (χ0) is 31.5. The van der Waals surface area contributed by atoms with Gasteiger partial charge in [-0.25, -0.2) is 9.78 Å². The van der Waals surface area contributed by atoms with Crippen molar-refractivity contribution in [3.8, 4) is 0 Å². The number of pyridine rings is 2. The number of amides is 1. The number of aldehydes is 1. The average molecular weight is 571 g/mol. The Bertz CT molecular complexity index is 1030. The maximum absolute atomic E-state index is 12.1. The number of carbonyl (C=O) groups excluding carboxylic acids is 2. The molecule has 1 fully saturated rings. The number of hydrogen-bond acceptors (Lipinski definition) is 6. The molecule has 1 aliphatic heterocycles. The van der Waals surface area contributed by atoms with E-state index in [0.717, 1.165) is 37.2 Å². The van der Waals surface area contributed by atoms with E-state index in [-0.39, 0.29) is 11.6 Å². The molecular weight excluding hydrogens is 525 g/mol. The summed E-state index contributed by atoms with van der Waals surface area (Å²) in [4.78, 5) is 41.4. The number of carboxylic acid groups (broad SMARTS) is 1. The van der Waals surface area contributed by atoms with Crippen LogP contribution in [0.4, 0.5) is 18.9 Å². The molecule has 1 atom stereocenters. The van der Waals surface area contributed by atoms with Gasteiger partial charge in [0, 0.05) is 25.0 Å². The predicted octanol–water partition coefficient (Wildman–Crippen LogP) is 6.69. The molecule has 0 bridgehead atoms. The summed E-state index contributed by atoms with van der Waals surface area (Å²) < 4.78 is 36.2. The van der Waals surface area contributed by atoms with Gasteiger partial charge in [0.1, 0.15) is 18.5 Å². The van der Waals surface area contributed by atoms with Crippen LogP contribution in [0.1, 0.15) is 100.0 Å². The highest BCUT2D eigenvalue weighted by atomic mass is 19.4. The molecule has 0 aromatic carbocycles. The van der Waals surface area contributed by atoms with Crippen LogP contribution in [0.2, 0.25) is 0 Å². The summed E-state index contributed by atoms with van der Waals surface area (Å²) in [5.74, 6) is -0.834. The minimum atomic E-state index is -4.42. The molecule has 40 heavy (non-hydrogen) atoms. The van der Waals surface area contributed by atoms with Gasteiger partial charge in [-0.1, -0.05) is 48.5 Å². The Morgan fingerprint density at radius 2 is 1.75 bits per heavy atom. The van der Waals surface area contributed by atoms with Gasteiger partial charge in [0.05, 0.1) is 16.9 Å². The second-order valence-corrected chi connectivity index (χ2v) is 8.60. The van der Waals surface area contributed by atoms with E-state index in [0.29, 0.717) is 17.2 Å². The molecule has 2 aromatic rings. The van der Waals surface area contributed by atoms with E-state index < -0.39 is 24.6 Å². The first-order valence-corrected chi connectivity index (χ1v) is 13.5. The number of aromatic nitrogens is 2. The summed E-state index contributed by atoms with van der Waals surface area (Å²) >= 11 is 0. The Balaban J connectivity index is 0. The summed E-state index contributed by atoms with van der Waals surface area (Å²) in [7, 11) is 0. The predicted molar refractivity (Wildman–Crippen MR) is 153 cm³/mol. The topological polar surface area (TPSA) is 112 Å². The molecular formula is C29H45F3N4O4. The number of nitrogens with one attached hydrogen (secondary N) is 1. The molecule has 226 valence electrons. The maximum atomic E-state index is 12.1. The van der Waals surface area contributed by atoms with E-state index in [2.05, 4.69) is 21.8 Å². The van der Waals surface area contributed by atoms with Gasteiger partial charge in [-0.3, -0.25) is 9.78 Å². The zero-order valence-corrected chi connectivity index (χ0v) is 25.1. The largest absolute Gasteiger partial charge is 0.478 e. The molecule has 11 heteroatoms. The van der Waals surface area contributed by atoms with Crippen LogP contribution in [-0.2, 0) is 4.79 Å². The van der Waals surface area contributed by atoms with Crippen LogP contribution in [0.25, 0.3) is 0 Å². The van der Waals surface area contributed by atoms with Crippen molar-refractivity contribution in [2.75, 3.05) is 24.5 Å². The lowest BCUT2D eigenvalue weighted by molar-refractivity contribution is -0.123. The van der Waals surface area contributed by atoms with Crippen molar-refractivity contribution in [1.29, 1.82) is 0 Å². The lowest BCUT2D eigenvalue weighted by Crippen LogP contribution is -2.34. The van der Waals surface area contributed by atoms with E-state index >= 15 is 0 Å². The fourth-order valence-electron chi connectivity index (χ4n) is 3.34.